The van der Waals surface area contributed by atoms with Crippen LogP contribution in [0.2, 0.25) is 5.02 Å². The molecule has 2 atom stereocenters. The average Bonchev–Trinajstić information content (AvgIpc) is 2.87. The molecule has 1 aromatic heterocycles. The van der Waals surface area contributed by atoms with Crippen LogP contribution in [0.4, 0.5) is 0 Å². The summed E-state index contributed by atoms with van der Waals surface area (Å²) in [4.78, 5) is 12.7. The first kappa shape index (κ1) is 14.5. The van der Waals surface area contributed by atoms with Crippen molar-refractivity contribution in [3.8, 4) is 0 Å². The van der Waals surface area contributed by atoms with Gasteiger partial charge in [-0.05, 0) is 23.1 Å². The van der Waals surface area contributed by atoms with E-state index in [1.54, 1.807) is 24.3 Å². The number of rotatable bonds is 3. The van der Waals surface area contributed by atoms with Gasteiger partial charge in [0.2, 0.25) is 6.04 Å². The van der Waals surface area contributed by atoms with Crippen LogP contribution in [0.15, 0.2) is 35.7 Å². The van der Waals surface area contributed by atoms with Gasteiger partial charge in [0.15, 0.2) is 0 Å². The fourth-order valence-electron chi connectivity index (χ4n) is 2.87. The highest BCUT2D eigenvalue weighted by Gasteiger charge is 2.40. The highest BCUT2D eigenvalue weighted by Crippen LogP contribution is 2.39. The zero-order chi connectivity index (χ0) is 15.0. The first-order chi connectivity index (χ1) is 10.0. The van der Waals surface area contributed by atoms with Crippen molar-refractivity contribution in [2.45, 2.75) is 19.0 Å². The standard InChI is InChI=1S/C15H14ClNO3S/c16-12-4-2-1-3-11(12)14(15(18)19)17(20)7-5-10-6-8-21-13(10)9-17/h1-4,6,8,14H,5,7,9H2,(H,18,19)/t14-,17?/m0/s1. The van der Waals surface area contributed by atoms with Gasteiger partial charge in [-0.2, -0.15) is 0 Å². The quantitative estimate of drug-likeness (QED) is 0.693. The molecule has 0 amide bonds. The maximum Gasteiger partial charge on any atom is 0.367 e. The molecule has 0 saturated heterocycles. The molecule has 0 fully saturated rings. The highest BCUT2D eigenvalue weighted by molar-refractivity contribution is 7.10. The Kier molecular flexibility index (Phi) is 3.75. The molecule has 0 saturated carbocycles. The lowest BCUT2D eigenvalue weighted by Gasteiger charge is -2.49. The fourth-order valence-corrected chi connectivity index (χ4v) is 4.12. The van der Waals surface area contributed by atoms with Crippen molar-refractivity contribution in [2.24, 2.45) is 0 Å². The minimum absolute atomic E-state index is 0.190. The number of carboxylic acids is 1. The Balaban J connectivity index is 2.03. The third kappa shape index (κ3) is 2.58. The van der Waals surface area contributed by atoms with Gasteiger partial charge >= 0.3 is 5.97 Å². The molecule has 110 valence electrons. The number of nitrogens with zero attached hydrogens (tertiary/aromatic N) is 1. The first-order valence-corrected chi connectivity index (χ1v) is 7.87. The first-order valence-electron chi connectivity index (χ1n) is 6.61. The molecule has 0 aliphatic carbocycles. The van der Waals surface area contributed by atoms with E-state index in [1.807, 2.05) is 11.4 Å². The van der Waals surface area contributed by atoms with Crippen LogP contribution < -0.4 is 0 Å². The molecule has 1 aliphatic rings. The summed E-state index contributed by atoms with van der Waals surface area (Å²) in [5, 5.41) is 25.1. The lowest BCUT2D eigenvalue weighted by molar-refractivity contribution is -0.917. The number of carboxylic acid groups (broad SMARTS) is 1. The molecule has 1 aliphatic heterocycles. The maximum atomic E-state index is 13.2. The second-order valence-corrected chi connectivity index (χ2v) is 6.62. The van der Waals surface area contributed by atoms with E-state index >= 15 is 0 Å². The fraction of sp³-hybridized carbons (Fsp3) is 0.267. The average molecular weight is 324 g/mol. The zero-order valence-electron chi connectivity index (χ0n) is 11.2. The van der Waals surface area contributed by atoms with E-state index in [4.69, 9.17) is 11.6 Å². The van der Waals surface area contributed by atoms with Gasteiger partial charge in [0.05, 0.1) is 16.4 Å². The number of thiophene rings is 1. The summed E-state index contributed by atoms with van der Waals surface area (Å²) in [7, 11) is 0. The summed E-state index contributed by atoms with van der Waals surface area (Å²) in [6.45, 7) is 0.446. The van der Waals surface area contributed by atoms with Crippen molar-refractivity contribution < 1.29 is 14.5 Å². The van der Waals surface area contributed by atoms with Crippen LogP contribution in [0, 0.1) is 5.21 Å². The van der Waals surface area contributed by atoms with E-state index in [9.17, 15) is 15.1 Å². The van der Waals surface area contributed by atoms with Crippen LogP contribution in [0.1, 0.15) is 22.0 Å². The molecule has 6 heteroatoms. The van der Waals surface area contributed by atoms with Crippen LogP contribution in [0.25, 0.3) is 0 Å². The number of hydroxylamine groups is 3. The van der Waals surface area contributed by atoms with Crippen molar-refractivity contribution in [3.05, 3.63) is 61.9 Å². The molecule has 1 unspecified atom stereocenters. The van der Waals surface area contributed by atoms with Crippen molar-refractivity contribution >= 4 is 28.9 Å². The van der Waals surface area contributed by atoms with Crippen molar-refractivity contribution in [3.63, 3.8) is 0 Å². The van der Waals surface area contributed by atoms with Gasteiger partial charge in [0.25, 0.3) is 0 Å². The Morgan fingerprint density at radius 3 is 2.86 bits per heavy atom. The minimum atomic E-state index is -1.19. The van der Waals surface area contributed by atoms with E-state index in [2.05, 4.69) is 0 Å². The number of quaternary nitrogens is 1. The molecular formula is C15H14ClNO3S. The SMILES string of the molecule is O=C(O)[C@H](c1ccccc1Cl)[N+]1([O-])CCc2ccsc2C1. The topological polar surface area (TPSA) is 60.4 Å². The second kappa shape index (κ2) is 5.42. The molecule has 21 heavy (non-hydrogen) atoms. The van der Waals surface area contributed by atoms with Crippen molar-refractivity contribution in [1.82, 2.24) is 0 Å². The molecule has 3 rings (SSSR count). The number of carbonyl (C=O) groups is 1. The van der Waals surface area contributed by atoms with E-state index in [1.165, 1.54) is 11.3 Å². The van der Waals surface area contributed by atoms with E-state index in [-0.39, 0.29) is 13.1 Å². The third-order valence-electron chi connectivity index (χ3n) is 3.91. The summed E-state index contributed by atoms with van der Waals surface area (Å²) < 4.78 is -0.785. The second-order valence-electron chi connectivity index (χ2n) is 5.22. The summed E-state index contributed by atoms with van der Waals surface area (Å²) >= 11 is 7.63. The van der Waals surface area contributed by atoms with Crippen LogP contribution in [0.5, 0.6) is 0 Å². The van der Waals surface area contributed by atoms with E-state index in [0.29, 0.717) is 17.0 Å². The molecule has 0 spiro atoms. The Hall–Kier alpha value is -1.40. The third-order valence-corrected chi connectivity index (χ3v) is 5.21. The monoisotopic (exact) mass is 323 g/mol. The molecule has 1 N–H and O–H groups in total. The molecular weight excluding hydrogens is 310 g/mol. The molecule has 2 aromatic rings. The van der Waals surface area contributed by atoms with Gasteiger partial charge in [-0.1, -0.05) is 29.8 Å². The van der Waals surface area contributed by atoms with E-state index in [0.717, 1.165) is 10.4 Å². The Bertz CT molecular complexity index is 687. The van der Waals surface area contributed by atoms with Gasteiger partial charge in [-0.15, -0.1) is 11.3 Å². The number of halogens is 1. The smallest absolute Gasteiger partial charge is 0.367 e. The summed E-state index contributed by atoms with van der Waals surface area (Å²) in [5.74, 6) is -1.13. The lowest BCUT2D eigenvalue weighted by atomic mass is 10.0. The summed E-state index contributed by atoms with van der Waals surface area (Å²) in [6, 6.07) is 7.52. The van der Waals surface area contributed by atoms with Crippen molar-refractivity contribution in [2.75, 3.05) is 6.54 Å². The molecule has 2 heterocycles. The highest BCUT2D eigenvalue weighted by atomic mass is 35.5. The molecule has 0 bridgehead atoms. The minimum Gasteiger partial charge on any atom is -0.632 e. The number of hydrogen-bond donors (Lipinski definition) is 1. The number of aliphatic carboxylic acids is 1. The lowest BCUT2D eigenvalue weighted by Crippen LogP contribution is -2.51. The van der Waals surface area contributed by atoms with Crippen LogP contribution in [0.3, 0.4) is 0 Å². The predicted molar refractivity (Wildman–Crippen MR) is 82.1 cm³/mol. The summed E-state index contributed by atoms with van der Waals surface area (Å²) in [5.41, 5.74) is 1.55. The molecule has 1 aromatic carbocycles. The Morgan fingerprint density at radius 2 is 2.14 bits per heavy atom. The van der Waals surface area contributed by atoms with E-state index < -0.39 is 16.7 Å². The van der Waals surface area contributed by atoms with Gasteiger partial charge < -0.3 is 15.0 Å². The summed E-state index contributed by atoms with van der Waals surface area (Å²) in [6.07, 6.45) is 0.608. The Labute approximate surface area is 131 Å². The Morgan fingerprint density at radius 1 is 1.38 bits per heavy atom. The normalized spacial score (nSPS) is 22.6. The maximum absolute atomic E-state index is 13.2. The van der Waals surface area contributed by atoms with Gasteiger partial charge in [-0.3, -0.25) is 0 Å². The van der Waals surface area contributed by atoms with Gasteiger partial charge in [-0.25, -0.2) is 4.79 Å². The van der Waals surface area contributed by atoms with Crippen LogP contribution in [-0.4, -0.2) is 22.3 Å². The number of hydrogen-bond acceptors (Lipinski definition) is 3. The predicted octanol–water partition coefficient (Wildman–Crippen LogP) is 3.60. The molecule has 4 nitrogen and oxygen atoms in total. The zero-order valence-corrected chi connectivity index (χ0v) is 12.7. The van der Waals surface area contributed by atoms with Crippen LogP contribution >= 0.6 is 22.9 Å². The number of benzene rings is 1. The van der Waals surface area contributed by atoms with Crippen molar-refractivity contribution in [1.29, 1.82) is 0 Å². The van der Waals surface area contributed by atoms with Crippen LogP contribution in [-0.2, 0) is 17.8 Å². The molecule has 0 radical (unpaired) electrons. The number of fused-ring (bicyclic) bond motifs is 1. The largest absolute Gasteiger partial charge is 0.632 e. The van der Waals surface area contributed by atoms with Gasteiger partial charge in [0.1, 0.15) is 6.54 Å². The van der Waals surface area contributed by atoms with Gasteiger partial charge in [0, 0.05) is 12.0 Å².